The Balaban J connectivity index is 1.36. The van der Waals surface area contributed by atoms with E-state index >= 15 is 0 Å². The zero-order chi connectivity index (χ0) is 24.8. The number of rotatable bonds is 8. The van der Waals surface area contributed by atoms with E-state index in [2.05, 4.69) is 6.92 Å². The van der Waals surface area contributed by atoms with Gasteiger partial charge in [-0.2, -0.15) is 0 Å². The number of ketones is 1. The zero-order valence-electron chi connectivity index (χ0n) is 19.9. The van der Waals surface area contributed by atoms with Gasteiger partial charge in [0.15, 0.2) is 5.78 Å². The smallest absolute Gasteiger partial charge is 0.343 e. The monoisotopic (exact) mass is 466 g/mol. The second-order valence-corrected chi connectivity index (χ2v) is 8.16. The van der Waals surface area contributed by atoms with E-state index in [9.17, 15) is 9.59 Å². The van der Waals surface area contributed by atoms with Gasteiger partial charge in [0.25, 0.3) is 0 Å². The number of methoxy groups -OCH3 is 1. The van der Waals surface area contributed by atoms with E-state index in [0.29, 0.717) is 28.4 Å². The molecule has 0 aliphatic carbocycles. The lowest BCUT2D eigenvalue weighted by molar-refractivity contribution is 0.0734. The van der Waals surface area contributed by atoms with E-state index in [4.69, 9.17) is 14.2 Å². The molecule has 5 heteroatoms. The summed E-state index contributed by atoms with van der Waals surface area (Å²) in [5, 5.41) is 0. The summed E-state index contributed by atoms with van der Waals surface area (Å²) in [5.41, 5.74) is 3.33. The standard InChI is InChI=1S/C30H26O5/c1-20(22-4-12-26(33-3)13-5-22)23-6-14-29(15-7-23)35-30(32)25-10-18-28(19-11-25)34-27-16-8-24(9-17-27)21(2)31/h4-20H,1-3H3. The van der Waals surface area contributed by atoms with Crippen LogP contribution in [0, 0.1) is 0 Å². The molecule has 4 rings (SSSR count). The molecule has 0 saturated heterocycles. The molecule has 0 bridgehead atoms. The summed E-state index contributed by atoms with van der Waals surface area (Å²) in [6, 6.07) is 29.1. The fraction of sp³-hybridized carbons (Fsp3) is 0.133. The van der Waals surface area contributed by atoms with Gasteiger partial charge < -0.3 is 14.2 Å². The third-order valence-electron chi connectivity index (χ3n) is 5.79. The van der Waals surface area contributed by atoms with E-state index in [1.165, 1.54) is 12.5 Å². The summed E-state index contributed by atoms with van der Waals surface area (Å²) in [5.74, 6) is 2.23. The van der Waals surface area contributed by atoms with Crippen LogP contribution in [0.1, 0.15) is 51.6 Å². The molecular formula is C30H26O5. The first-order valence-corrected chi connectivity index (χ1v) is 11.3. The van der Waals surface area contributed by atoms with Crippen LogP contribution in [0.5, 0.6) is 23.0 Å². The largest absolute Gasteiger partial charge is 0.497 e. The summed E-state index contributed by atoms with van der Waals surface area (Å²) < 4.78 is 16.5. The fourth-order valence-corrected chi connectivity index (χ4v) is 3.63. The van der Waals surface area contributed by atoms with Gasteiger partial charge in [-0.3, -0.25) is 4.79 Å². The number of carbonyl (C=O) groups excluding carboxylic acids is 2. The SMILES string of the molecule is COc1ccc(C(C)c2ccc(OC(=O)c3ccc(Oc4ccc(C(C)=O)cc4)cc3)cc2)cc1. The molecular weight excluding hydrogens is 440 g/mol. The lowest BCUT2D eigenvalue weighted by atomic mass is 9.93. The number of Topliss-reactive ketones (excluding diaryl/α,β-unsaturated/α-hetero) is 1. The second kappa shape index (κ2) is 10.7. The predicted octanol–water partition coefficient (Wildman–Crippen LogP) is 7.06. The van der Waals surface area contributed by atoms with Gasteiger partial charge in [-0.1, -0.05) is 31.2 Å². The summed E-state index contributed by atoms with van der Waals surface area (Å²) >= 11 is 0. The Bertz CT molecular complexity index is 1290. The van der Waals surface area contributed by atoms with E-state index in [-0.39, 0.29) is 11.7 Å². The maximum Gasteiger partial charge on any atom is 0.343 e. The van der Waals surface area contributed by atoms with Crippen molar-refractivity contribution < 1.29 is 23.8 Å². The van der Waals surface area contributed by atoms with Crippen LogP contribution >= 0.6 is 0 Å². The highest BCUT2D eigenvalue weighted by Gasteiger charge is 2.12. The highest BCUT2D eigenvalue weighted by molar-refractivity contribution is 5.94. The molecule has 0 amide bonds. The van der Waals surface area contributed by atoms with Crippen molar-refractivity contribution in [1.82, 2.24) is 0 Å². The Morgan fingerprint density at radius 2 is 1.03 bits per heavy atom. The molecule has 4 aromatic carbocycles. The topological polar surface area (TPSA) is 61.8 Å². The van der Waals surface area contributed by atoms with Gasteiger partial charge in [-0.25, -0.2) is 4.79 Å². The zero-order valence-corrected chi connectivity index (χ0v) is 19.9. The minimum atomic E-state index is -0.446. The first-order chi connectivity index (χ1) is 16.9. The summed E-state index contributed by atoms with van der Waals surface area (Å²) in [4.78, 5) is 24.0. The highest BCUT2D eigenvalue weighted by atomic mass is 16.5. The minimum Gasteiger partial charge on any atom is -0.497 e. The number of benzene rings is 4. The number of esters is 1. The molecule has 5 nitrogen and oxygen atoms in total. The van der Waals surface area contributed by atoms with Crippen LogP contribution in [0.3, 0.4) is 0 Å². The molecule has 0 heterocycles. The molecule has 0 spiro atoms. The molecule has 0 fully saturated rings. The molecule has 0 aliphatic rings. The summed E-state index contributed by atoms with van der Waals surface area (Å²) in [6.07, 6.45) is 0. The van der Waals surface area contributed by atoms with Gasteiger partial charge >= 0.3 is 5.97 Å². The first-order valence-electron chi connectivity index (χ1n) is 11.3. The van der Waals surface area contributed by atoms with E-state index in [0.717, 1.165) is 11.3 Å². The van der Waals surface area contributed by atoms with Gasteiger partial charge in [-0.15, -0.1) is 0 Å². The summed E-state index contributed by atoms with van der Waals surface area (Å²) in [7, 11) is 1.65. The molecule has 0 saturated carbocycles. The Morgan fingerprint density at radius 1 is 0.600 bits per heavy atom. The van der Waals surface area contributed by atoms with Crippen LogP contribution in [0.2, 0.25) is 0 Å². The molecule has 0 aromatic heterocycles. The maximum atomic E-state index is 12.6. The van der Waals surface area contributed by atoms with E-state index in [1.807, 2.05) is 36.4 Å². The quantitative estimate of drug-likeness (QED) is 0.158. The normalized spacial score (nSPS) is 11.4. The van der Waals surface area contributed by atoms with Crippen molar-refractivity contribution in [3.05, 3.63) is 119 Å². The van der Waals surface area contributed by atoms with Crippen molar-refractivity contribution >= 4 is 11.8 Å². The van der Waals surface area contributed by atoms with Crippen LogP contribution in [0.4, 0.5) is 0 Å². The van der Waals surface area contributed by atoms with Crippen LogP contribution in [-0.4, -0.2) is 18.9 Å². The van der Waals surface area contributed by atoms with Crippen LogP contribution < -0.4 is 14.2 Å². The second-order valence-electron chi connectivity index (χ2n) is 8.16. The van der Waals surface area contributed by atoms with Gasteiger partial charge in [0.1, 0.15) is 23.0 Å². The first kappa shape index (κ1) is 23.8. The number of hydrogen-bond acceptors (Lipinski definition) is 5. The molecule has 4 aromatic rings. The number of ether oxygens (including phenoxy) is 3. The van der Waals surface area contributed by atoms with Gasteiger partial charge in [0.05, 0.1) is 12.7 Å². The van der Waals surface area contributed by atoms with Crippen LogP contribution in [0.25, 0.3) is 0 Å². The van der Waals surface area contributed by atoms with Gasteiger partial charge in [-0.05, 0) is 90.8 Å². The highest BCUT2D eigenvalue weighted by Crippen LogP contribution is 2.28. The summed E-state index contributed by atoms with van der Waals surface area (Å²) in [6.45, 7) is 3.65. The van der Waals surface area contributed by atoms with E-state index < -0.39 is 5.97 Å². The molecule has 1 unspecified atom stereocenters. The molecule has 0 aliphatic heterocycles. The van der Waals surface area contributed by atoms with Crippen LogP contribution in [0.15, 0.2) is 97.1 Å². The molecule has 0 radical (unpaired) electrons. The van der Waals surface area contributed by atoms with Gasteiger partial charge in [0, 0.05) is 11.5 Å². The minimum absolute atomic E-state index is 0.000747. The lowest BCUT2D eigenvalue weighted by Crippen LogP contribution is -2.08. The Morgan fingerprint density at radius 3 is 1.49 bits per heavy atom. The van der Waals surface area contributed by atoms with E-state index in [1.54, 1.807) is 67.8 Å². The fourth-order valence-electron chi connectivity index (χ4n) is 3.63. The van der Waals surface area contributed by atoms with Gasteiger partial charge in [0.2, 0.25) is 0 Å². The predicted molar refractivity (Wildman–Crippen MR) is 135 cm³/mol. The Kier molecular flexibility index (Phi) is 7.27. The van der Waals surface area contributed by atoms with Crippen molar-refractivity contribution in [2.24, 2.45) is 0 Å². The third-order valence-corrected chi connectivity index (χ3v) is 5.79. The van der Waals surface area contributed by atoms with Crippen molar-refractivity contribution in [2.75, 3.05) is 7.11 Å². The third kappa shape index (κ3) is 5.95. The van der Waals surface area contributed by atoms with Crippen molar-refractivity contribution in [2.45, 2.75) is 19.8 Å². The molecule has 1 atom stereocenters. The maximum absolute atomic E-state index is 12.6. The van der Waals surface area contributed by atoms with Crippen LogP contribution in [-0.2, 0) is 0 Å². The average molecular weight is 467 g/mol. The van der Waals surface area contributed by atoms with Crippen molar-refractivity contribution in [3.8, 4) is 23.0 Å². The molecule has 0 N–H and O–H groups in total. The van der Waals surface area contributed by atoms with Crippen molar-refractivity contribution in [1.29, 1.82) is 0 Å². The van der Waals surface area contributed by atoms with Crippen molar-refractivity contribution in [3.63, 3.8) is 0 Å². The Hall–Kier alpha value is -4.38. The lowest BCUT2D eigenvalue weighted by Gasteiger charge is -2.14. The average Bonchev–Trinajstić information content (AvgIpc) is 2.89. The number of carbonyl (C=O) groups is 2. The number of hydrogen-bond donors (Lipinski definition) is 0. The Labute approximate surface area is 204 Å². The molecule has 35 heavy (non-hydrogen) atoms. The molecule has 176 valence electrons.